The minimum atomic E-state index is -5.12. The van der Waals surface area contributed by atoms with E-state index in [1.54, 1.807) is 67.6 Å². The van der Waals surface area contributed by atoms with Crippen molar-refractivity contribution in [2.45, 2.75) is 23.6 Å². The van der Waals surface area contributed by atoms with E-state index < -0.39 is 30.0 Å². The van der Waals surface area contributed by atoms with Crippen LogP contribution in [-0.2, 0) is 20.2 Å². The fourth-order valence-corrected chi connectivity index (χ4v) is 5.74. The molecule has 0 radical (unpaired) electrons. The smallest absolute Gasteiger partial charge is 0.744 e. The second-order valence-electron chi connectivity index (χ2n) is 10.2. The zero-order valence-electron chi connectivity index (χ0n) is 26.2. The Morgan fingerprint density at radius 2 is 1.23 bits per heavy atom. The Bertz CT molecular complexity index is 2300. The molecule has 3 N–H and O–H groups in total. The van der Waals surface area contributed by atoms with Gasteiger partial charge in [0.05, 0.1) is 32.5 Å². The van der Waals surface area contributed by atoms with Gasteiger partial charge < -0.3 is 20.2 Å². The van der Waals surface area contributed by atoms with Crippen LogP contribution in [-0.4, -0.2) is 31.8 Å². The predicted octanol–water partition coefficient (Wildman–Crippen LogP) is 0.938. The van der Waals surface area contributed by atoms with E-state index in [0.717, 1.165) is 11.6 Å². The summed E-state index contributed by atoms with van der Waals surface area (Å²) >= 11 is 0. The van der Waals surface area contributed by atoms with Crippen molar-refractivity contribution in [1.82, 2.24) is 0 Å². The van der Waals surface area contributed by atoms with Gasteiger partial charge in [0.25, 0.3) is 5.91 Å². The Hall–Kier alpha value is -3.35. The molecule has 5 aromatic rings. The van der Waals surface area contributed by atoms with Gasteiger partial charge in [-0.25, -0.2) is 16.8 Å². The van der Waals surface area contributed by atoms with Gasteiger partial charge in [-0.1, -0.05) is 6.07 Å². The third kappa shape index (κ3) is 9.63. The van der Waals surface area contributed by atoms with Crippen molar-refractivity contribution in [3.63, 3.8) is 0 Å². The first kappa shape index (κ1) is 39.1. The number of nitrogen functional groups attached to an aromatic ring is 1. The number of amides is 1. The van der Waals surface area contributed by atoms with Crippen LogP contribution in [0.2, 0.25) is 0 Å². The maximum Gasteiger partial charge on any atom is 1.00 e. The van der Waals surface area contributed by atoms with Crippen molar-refractivity contribution < 1.29 is 89.9 Å². The van der Waals surface area contributed by atoms with Gasteiger partial charge in [0, 0.05) is 22.3 Å². The zero-order valence-corrected chi connectivity index (χ0v) is 31.8. The first-order valence-corrected chi connectivity index (χ1v) is 16.2. The summed E-state index contributed by atoms with van der Waals surface area (Å²) in [5.41, 5.74) is 10.6. The van der Waals surface area contributed by atoms with E-state index in [1.807, 2.05) is 6.92 Å². The molecule has 0 heterocycles. The normalized spacial score (nSPS) is 11.8. The molecular formula is C31H24N6Na2O7S2. The third-order valence-electron chi connectivity index (χ3n) is 6.79. The Morgan fingerprint density at radius 3 is 1.79 bits per heavy atom. The molecule has 0 fully saturated rings. The van der Waals surface area contributed by atoms with Gasteiger partial charge in [0.1, 0.15) is 20.2 Å². The summed E-state index contributed by atoms with van der Waals surface area (Å²) in [5.74, 6) is -0.269. The molecule has 48 heavy (non-hydrogen) atoms. The molecule has 5 aromatic carbocycles. The average Bonchev–Trinajstić information content (AvgIpc) is 2.99. The number of fused-ring (bicyclic) bond motifs is 1. The number of nitrogens with one attached hydrogen (secondary N) is 1. The standard InChI is InChI=1S/C31H26N6O7S2.2Na/c1-18-13-23(33-31(38)20-3-6-22(32)7-4-20)9-11-28(18)36-34-24-10-12-29(19(2)14-24)37-35-25-8-5-21-15-26(45(39,40)41)17-30(27(21)16-25)46(42,43)44;;/h3-17H,32H2,1-2H3,(H,33,38)(H,39,40,41)(H,42,43,44);;/q;2*+1/p-2. The summed E-state index contributed by atoms with van der Waals surface area (Å²) in [4.78, 5) is 10.8. The summed E-state index contributed by atoms with van der Waals surface area (Å²) < 4.78 is 69.8. The number of anilines is 2. The number of carbonyl (C=O) groups excluding carboxylic acids is 1. The maximum atomic E-state index is 12.5. The largest absolute Gasteiger partial charge is 1.00 e. The second kappa shape index (κ2) is 15.9. The van der Waals surface area contributed by atoms with E-state index in [9.17, 15) is 30.7 Å². The van der Waals surface area contributed by atoms with Gasteiger partial charge in [-0.2, -0.15) is 20.5 Å². The van der Waals surface area contributed by atoms with Crippen molar-refractivity contribution in [2.24, 2.45) is 20.5 Å². The summed E-state index contributed by atoms with van der Waals surface area (Å²) in [7, 11) is -10.1. The topological polar surface area (TPSA) is 219 Å². The zero-order chi connectivity index (χ0) is 33.2. The van der Waals surface area contributed by atoms with Gasteiger partial charge in [-0.05, 0) is 115 Å². The van der Waals surface area contributed by atoms with Gasteiger partial charge in [-0.3, -0.25) is 4.79 Å². The Morgan fingerprint density at radius 1 is 0.667 bits per heavy atom. The van der Waals surface area contributed by atoms with Crippen LogP contribution in [0.5, 0.6) is 0 Å². The number of hydrogen-bond acceptors (Lipinski definition) is 12. The molecule has 0 aliphatic carbocycles. The van der Waals surface area contributed by atoms with Gasteiger partial charge >= 0.3 is 59.1 Å². The number of aryl methyl sites for hydroxylation is 2. The van der Waals surface area contributed by atoms with Crippen LogP contribution in [0.25, 0.3) is 10.8 Å². The molecule has 0 atom stereocenters. The van der Waals surface area contributed by atoms with Crippen molar-refractivity contribution in [3.05, 3.63) is 108 Å². The molecule has 17 heteroatoms. The van der Waals surface area contributed by atoms with E-state index in [0.29, 0.717) is 45.6 Å². The molecule has 13 nitrogen and oxygen atoms in total. The summed E-state index contributed by atoms with van der Waals surface area (Å²) in [5, 5.41) is 19.7. The van der Waals surface area contributed by atoms with Crippen molar-refractivity contribution >= 4 is 71.0 Å². The Labute approximate surface area is 320 Å². The number of carbonyl (C=O) groups is 1. The van der Waals surface area contributed by atoms with E-state index in [2.05, 4.69) is 25.8 Å². The minimum Gasteiger partial charge on any atom is -0.744 e. The quantitative estimate of drug-likeness (QED) is 0.102. The minimum absolute atomic E-state index is 0. The molecule has 0 bridgehead atoms. The molecule has 0 spiro atoms. The molecule has 0 saturated heterocycles. The molecule has 0 aliphatic rings. The Balaban J connectivity index is 0.00000312. The number of nitrogens with zero attached hydrogens (tertiary/aromatic N) is 4. The molecule has 1 amide bonds. The fraction of sp³-hybridized carbons (Fsp3) is 0.0645. The predicted molar refractivity (Wildman–Crippen MR) is 169 cm³/mol. The van der Waals surface area contributed by atoms with Crippen molar-refractivity contribution in [1.29, 1.82) is 0 Å². The maximum absolute atomic E-state index is 12.5. The van der Waals surface area contributed by atoms with E-state index in [4.69, 9.17) is 5.73 Å². The number of rotatable bonds is 8. The van der Waals surface area contributed by atoms with Crippen molar-refractivity contribution in [3.8, 4) is 0 Å². The summed E-state index contributed by atoms with van der Waals surface area (Å²) in [6.45, 7) is 3.62. The third-order valence-corrected chi connectivity index (χ3v) is 8.48. The molecule has 0 aliphatic heterocycles. The molecule has 5 rings (SSSR count). The van der Waals surface area contributed by atoms with E-state index in [1.165, 1.54) is 18.2 Å². The van der Waals surface area contributed by atoms with E-state index in [-0.39, 0.29) is 81.5 Å². The van der Waals surface area contributed by atoms with Crippen LogP contribution in [0, 0.1) is 13.8 Å². The number of azo groups is 2. The number of hydrogen-bond donors (Lipinski definition) is 2. The van der Waals surface area contributed by atoms with Crippen LogP contribution in [0.4, 0.5) is 34.1 Å². The van der Waals surface area contributed by atoms with Crippen molar-refractivity contribution in [2.75, 3.05) is 11.1 Å². The second-order valence-corrected chi connectivity index (χ2v) is 12.9. The summed E-state index contributed by atoms with van der Waals surface area (Å²) in [6, 6.07) is 22.5. The van der Waals surface area contributed by atoms with Crippen LogP contribution < -0.4 is 70.2 Å². The average molecular weight is 703 g/mol. The number of benzene rings is 5. The first-order valence-electron chi connectivity index (χ1n) is 13.4. The van der Waals surface area contributed by atoms with Crippen LogP contribution in [0.15, 0.2) is 121 Å². The first-order chi connectivity index (χ1) is 21.7. The van der Waals surface area contributed by atoms with Crippen LogP contribution >= 0.6 is 0 Å². The fourth-order valence-electron chi connectivity index (χ4n) is 4.42. The SMILES string of the molecule is Cc1cc(N=Nc2ccc(NC(=O)c3ccc(N)cc3)cc2C)ccc1N=Nc1ccc2cc(S(=O)(=O)[O-])cc(S(=O)(=O)[O-])c2c1.[Na+].[Na+]. The van der Waals surface area contributed by atoms with E-state index >= 15 is 0 Å². The monoisotopic (exact) mass is 702 g/mol. The molecular weight excluding hydrogens is 678 g/mol. The summed E-state index contributed by atoms with van der Waals surface area (Å²) in [6.07, 6.45) is 0. The van der Waals surface area contributed by atoms with Gasteiger partial charge in [-0.15, -0.1) is 0 Å². The number of nitrogens with two attached hydrogens (primary N) is 1. The van der Waals surface area contributed by atoms with Crippen LogP contribution in [0.3, 0.4) is 0 Å². The van der Waals surface area contributed by atoms with Gasteiger partial charge in [0.2, 0.25) is 0 Å². The van der Waals surface area contributed by atoms with Crippen LogP contribution in [0.1, 0.15) is 21.5 Å². The molecule has 0 unspecified atom stereocenters. The molecule has 0 saturated carbocycles. The Kier molecular flexibility index (Phi) is 13.0. The molecule has 234 valence electrons. The van der Waals surface area contributed by atoms with Gasteiger partial charge in [0.15, 0.2) is 0 Å². The molecule has 0 aromatic heterocycles.